The van der Waals surface area contributed by atoms with Crippen molar-refractivity contribution in [3.05, 3.63) is 27.9 Å². The van der Waals surface area contributed by atoms with Gasteiger partial charge in [-0.1, -0.05) is 0 Å². The van der Waals surface area contributed by atoms with Gasteiger partial charge in [0.25, 0.3) is 5.69 Å². The molecule has 0 spiro atoms. The Kier molecular flexibility index (Phi) is 3.10. The average Bonchev–Trinajstić information content (AvgIpc) is 3.10. The second kappa shape index (κ2) is 4.77. The maximum absolute atomic E-state index is 10.7. The molecule has 1 atom stereocenters. The van der Waals surface area contributed by atoms with E-state index >= 15 is 0 Å². The van der Waals surface area contributed by atoms with Gasteiger partial charge in [-0.05, 0) is 32.3 Å². The number of nitrogens with zero attached hydrogens (tertiary/aromatic N) is 3. The monoisotopic (exact) mass is 262 g/mol. The van der Waals surface area contributed by atoms with Gasteiger partial charge in [-0.3, -0.25) is 15.0 Å². The van der Waals surface area contributed by atoms with Crippen molar-refractivity contribution >= 4 is 11.5 Å². The highest BCUT2D eigenvalue weighted by atomic mass is 16.6. The van der Waals surface area contributed by atoms with Gasteiger partial charge < -0.3 is 5.32 Å². The van der Waals surface area contributed by atoms with Crippen LogP contribution >= 0.6 is 0 Å². The van der Waals surface area contributed by atoms with Crippen LogP contribution in [0.15, 0.2) is 12.1 Å². The summed E-state index contributed by atoms with van der Waals surface area (Å²) >= 11 is 0. The third kappa shape index (κ3) is 2.68. The zero-order valence-electron chi connectivity index (χ0n) is 11.0. The van der Waals surface area contributed by atoms with E-state index in [2.05, 4.69) is 15.2 Å². The molecule has 3 rings (SSSR count). The summed E-state index contributed by atoms with van der Waals surface area (Å²) in [6.07, 6.45) is 3.79. The number of hydrogen-bond donors (Lipinski definition) is 1. The number of pyridine rings is 1. The molecule has 2 aliphatic rings. The van der Waals surface area contributed by atoms with Crippen LogP contribution in [0.2, 0.25) is 0 Å². The Morgan fingerprint density at radius 1 is 1.42 bits per heavy atom. The minimum absolute atomic E-state index is 0.0802. The Labute approximate surface area is 112 Å². The number of likely N-dealkylation sites (tertiary alicyclic amines) is 1. The van der Waals surface area contributed by atoms with E-state index in [9.17, 15) is 10.1 Å². The largest absolute Gasteiger partial charge is 0.366 e. The number of aromatic nitrogens is 1. The van der Waals surface area contributed by atoms with Gasteiger partial charge in [0, 0.05) is 31.2 Å². The molecule has 1 saturated carbocycles. The molecule has 2 fully saturated rings. The number of hydrogen-bond acceptors (Lipinski definition) is 5. The van der Waals surface area contributed by atoms with Crippen molar-refractivity contribution in [3.8, 4) is 0 Å². The molecule has 0 radical (unpaired) electrons. The SMILES string of the molecule is Cc1nc(NC2CCN(C3CC3)C2)ccc1[N+](=O)[O-]. The number of nitrogens with one attached hydrogen (secondary N) is 1. The first-order chi connectivity index (χ1) is 9.13. The molecule has 1 saturated heterocycles. The summed E-state index contributed by atoms with van der Waals surface area (Å²) in [5.41, 5.74) is 0.545. The lowest BCUT2D eigenvalue weighted by Crippen LogP contribution is -2.28. The fourth-order valence-corrected chi connectivity index (χ4v) is 2.71. The van der Waals surface area contributed by atoms with Crippen LogP contribution in [-0.4, -0.2) is 40.0 Å². The van der Waals surface area contributed by atoms with Crippen molar-refractivity contribution < 1.29 is 4.92 Å². The van der Waals surface area contributed by atoms with E-state index in [0.29, 0.717) is 11.7 Å². The molecule has 6 nitrogen and oxygen atoms in total. The van der Waals surface area contributed by atoms with Crippen LogP contribution in [0.4, 0.5) is 11.5 Å². The van der Waals surface area contributed by atoms with E-state index in [-0.39, 0.29) is 5.69 Å². The Morgan fingerprint density at radius 3 is 2.84 bits per heavy atom. The van der Waals surface area contributed by atoms with Gasteiger partial charge in [-0.25, -0.2) is 4.98 Å². The van der Waals surface area contributed by atoms with Gasteiger partial charge in [0.2, 0.25) is 0 Å². The van der Waals surface area contributed by atoms with Crippen LogP contribution in [0.5, 0.6) is 0 Å². The molecular weight excluding hydrogens is 244 g/mol. The van der Waals surface area contributed by atoms with Crippen LogP contribution in [0, 0.1) is 17.0 Å². The van der Waals surface area contributed by atoms with Gasteiger partial charge >= 0.3 is 0 Å². The maximum atomic E-state index is 10.7. The molecule has 1 aromatic heterocycles. The lowest BCUT2D eigenvalue weighted by molar-refractivity contribution is -0.385. The summed E-state index contributed by atoms with van der Waals surface area (Å²) in [5.74, 6) is 0.741. The maximum Gasteiger partial charge on any atom is 0.290 e. The van der Waals surface area contributed by atoms with Crippen molar-refractivity contribution in [1.29, 1.82) is 0 Å². The standard InChI is InChI=1S/C13H18N4O2/c1-9-12(17(18)19)4-5-13(14-9)15-10-6-7-16(8-10)11-2-3-11/h4-5,10-11H,2-3,6-8H2,1H3,(H,14,15). The van der Waals surface area contributed by atoms with Crippen molar-refractivity contribution in [2.75, 3.05) is 18.4 Å². The highest BCUT2D eigenvalue weighted by molar-refractivity contribution is 5.45. The molecule has 1 unspecified atom stereocenters. The first kappa shape index (κ1) is 12.3. The highest BCUT2D eigenvalue weighted by Gasteiger charge is 2.34. The fraction of sp³-hybridized carbons (Fsp3) is 0.615. The molecule has 0 aromatic carbocycles. The highest BCUT2D eigenvalue weighted by Crippen LogP contribution is 2.30. The molecule has 102 valence electrons. The van der Waals surface area contributed by atoms with E-state index in [1.54, 1.807) is 13.0 Å². The zero-order valence-corrected chi connectivity index (χ0v) is 11.0. The quantitative estimate of drug-likeness (QED) is 0.663. The van der Waals surface area contributed by atoms with Gasteiger partial charge in [-0.2, -0.15) is 0 Å². The average molecular weight is 262 g/mol. The first-order valence-electron chi connectivity index (χ1n) is 6.76. The predicted molar refractivity (Wildman–Crippen MR) is 72.3 cm³/mol. The summed E-state index contributed by atoms with van der Waals surface area (Å²) in [5, 5.41) is 14.1. The normalized spacial score (nSPS) is 23.5. The molecule has 1 aliphatic carbocycles. The fourth-order valence-electron chi connectivity index (χ4n) is 2.71. The van der Waals surface area contributed by atoms with Gasteiger partial charge in [0.05, 0.1) is 4.92 Å². The third-order valence-electron chi connectivity index (χ3n) is 3.89. The molecule has 0 amide bonds. The number of aryl methyl sites for hydroxylation is 1. The lowest BCUT2D eigenvalue weighted by atomic mass is 10.2. The van der Waals surface area contributed by atoms with Crippen LogP contribution in [0.25, 0.3) is 0 Å². The molecule has 19 heavy (non-hydrogen) atoms. The Bertz CT molecular complexity index is 501. The molecule has 1 aromatic rings. The number of nitro groups is 1. The lowest BCUT2D eigenvalue weighted by Gasteiger charge is -2.16. The van der Waals surface area contributed by atoms with Crippen molar-refractivity contribution in [2.24, 2.45) is 0 Å². The zero-order chi connectivity index (χ0) is 13.4. The van der Waals surface area contributed by atoms with Crippen LogP contribution in [0.1, 0.15) is 25.0 Å². The van der Waals surface area contributed by atoms with Crippen molar-refractivity contribution in [2.45, 2.75) is 38.3 Å². The summed E-state index contributed by atoms with van der Waals surface area (Å²) in [6.45, 7) is 3.88. The van der Waals surface area contributed by atoms with Crippen molar-refractivity contribution in [3.63, 3.8) is 0 Å². The van der Waals surface area contributed by atoms with Crippen molar-refractivity contribution in [1.82, 2.24) is 9.88 Å². The number of rotatable bonds is 4. The van der Waals surface area contributed by atoms with E-state index in [1.165, 1.54) is 18.9 Å². The first-order valence-corrected chi connectivity index (χ1v) is 6.76. The van der Waals surface area contributed by atoms with E-state index in [1.807, 2.05) is 0 Å². The predicted octanol–water partition coefficient (Wildman–Crippen LogP) is 1.95. The van der Waals surface area contributed by atoms with Gasteiger partial charge in [-0.15, -0.1) is 0 Å². The van der Waals surface area contributed by atoms with Gasteiger partial charge in [0.15, 0.2) is 0 Å². The molecule has 1 aliphatic heterocycles. The topological polar surface area (TPSA) is 71.3 Å². The van der Waals surface area contributed by atoms with E-state index in [4.69, 9.17) is 0 Å². The molecule has 2 heterocycles. The molecule has 1 N–H and O–H groups in total. The van der Waals surface area contributed by atoms with Crippen LogP contribution in [-0.2, 0) is 0 Å². The van der Waals surface area contributed by atoms with Crippen LogP contribution < -0.4 is 5.32 Å². The summed E-state index contributed by atoms with van der Waals surface area (Å²) in [6, 6.07) is 4.44. The summed E-state index contributed by atoms with van der Waals surface area (Å²) in [7, 11) is 0. The summed E-state index contributed by atoms with van der Waals surface area (Å²) < 4.78 is 0. The van der Waals surface area contributed by atoms with E-state index < -0.39 is 4.92 Å². The minimum Gasteiger partial charge on any atom is -0.366 e. The molecule has 0 bridgehead atoms. The minimum atomic E-state index is -0.392. The van der Waals surface area contributed by atoms with Crippen LogP contribution in [0.3, 0.4) is 0 Å². The smallest absolute Gasteiger partial charge is 0.290 e. The van der Waals surface area contributed by atoms with Gasteiger partial charge in [0.1, 0.15) is 11.5 Å². The second-order valence-corrected chi connectivity index (χ2v) is 5.41. The molecular formula is C13H18N4O2. The van der Waals surface area contributed by atoms with E-state index in [0.717, 1.165) is 31.4 Å². The molecule has 6 heteroatoms. The Balaban J connectivity index is 1.63. The number of anilines is 1. The third-order valence-corrected chi connectivity index (χ3v) is 3.89. The second-order valence-electron chi connectivity index (χ2n) is 5.41. The Hall–Kier alpha value is -1.69. The summed E-state index contributed by atoms with van der Waals surface area (Å²) in [4.78, 5) is 17.1. The Morgan fingerprint density at radius 2 is 2.21 bits per heavy atom.